The fourth-order valence-electron chi connectivity index (χ4n) is 3.91. The maximum atomic E-state index is 13.2. The van der Waals surface area contributed by atoms with Crippen LogP contribution in [0.2, 0.25) is 0 Å². The molecule has 27 heavy (non-hydrogen) atoms. The molecule has 1 atom stereocenters. The van der Waals surface area contributed by atoms with Gasteiger partial charge >= 0.3 is 5.97 Å². The molecule has 1 unspecified atom stereocenters. The molecule has 0 bridgehead atoms. The van der Waals surface area contributed by atoms with Gasteiger partial charge in [-0.25, -0.2) is 0 Å². The van der Waals surface area contributed by atoms with Crippen LogP contribution in [0.15, 0.2) is 60.7 Å². The van der Waals surface area contributed by atoms with Gasteiger partial charge in [-0.05, 0) is 30.4 Å². The number of hydrogen-bond acceptors (Lipinski definition) is 3. The Kier molecular flexibility index (Phi) is 6.64. The molecule has 1 heterocycles. The predicted molar refractivity (Wildman–Crippen MR) is 105 cm³/mol. The minimum absolute atomic E-state index is 0.0144. The highest BCUT2D eigenvalue weighted by molar-refractivity contribution is 5.79. The summed E-state index contributed by atoms with van der Waals surface area (Å²) in [6.45, 7) is 0.719. The second kappa shape index (κ2) is 9.36. The largest absolute Gasteiger partial charge is 0.469 e. The molecule has 0 aromatic heterocycles. The summed E-state index contributed by atoms with van der Waals surface area (Å²) in [5.41, 5.74) is 2.28. The molecule has 0 saturated carbocycles. The van der Waals surface area contributed by atoms with Gasteiger partial charge in [0.05, 0.1) is 13.5 Å². The van der Waals surface area contributed by atoms with Crippen molar-refractivity contribution in [3.8, 4) is 0 Å². The Balaban J connectivity index is 1.80. The minimum atomic E-state index is -0.248. The van der Waals surface area contributed by atoms with Crippen molar-refractivity contribution in [1.29, 1.82) is 0 Å². The number of nitrogens with zero attached hydrogens (tertiary/aromatic N) is 1. The number of ether oxygens (including phenoxy) is 1. The van der Waals surface area contributed by atoms with Gasteiger partial charge in [-0.15, -0.1) is 0 Å². The lowest BCUT2D eigenvalue weighted by Crippen LogP contribution is -2.45. The zero-order valence-corrected chi connectivity index (χ0v) is 15.8. The molecule has 4 nitrogen and oxygen atoms in total. The first-order chi connectivity index (χ1) is 13.2. The van der Waals surface area contributed by atoms with Crippen molar-refractivity contribution >= 4 is 11.9 Å². The molecule has 1 amide bonds. The first kappa shape index (κ1) is 19.2. The average Bonchev–Trinajstić information content (AvgIpc) is 2.73. The summed E-state index contributed by atoms with van der Waals surface area (Å²) in [4.78, 5) is 26.9. The number of rotatable bonds is 6. The number of amides is 1. The second-order valence-electron chi connectivity index (χ2n) is 7.10. The summed E-state index contributed by atoms with van der Waals surface area (Å²) in [5, 5.41) is 0. The summed E-state index contributed by atoms with van der Waals surface area (Å²) >= 11 is 0. The standard InChI is InChI=1S/C23H27NO3/c1-27-23(26)16-20-14-8-9-15-24(20)22(25)17-21(18-10-4-2-5-11-18)19-12-6-3-7-13-19/h2-7,10-13,20-21H,8-9,14-17H2,1H3. The van der Waals surface area contributed by atoms with Gasteiger partial charge in [-0.1, -0.05) is 60.7 Å². The van der Waals surface area contributed by atoms with Gasteiger partial charge in [0, 0.05) is 24.9 Å². The third-order valence-corrected chi connectivity index (χ3v) is 5.36. The summed E-state index contributed by atoms with van der Waals surface area (Å²) in [6, 6.07) is 20.3. The molecule has 4 heteroatoms. The number of benzene rings is 2. The van der Waals surface area contributed by atoms with Crippen LogP contribution in [0, 0.1) is 0 Å². The number of carbonyl (C=O) groups is 2. The highest BCUT2D eigenvalue weighted by Gasteiger charge is 2.30. The number of piperidine rings is 1. The Bertz CT molecular complexity index is 705. The number of methoxy groups -OCH3 is 1. The molecule has 2 aromatic carbocycles. The first-order valence-corrected chi connectivity index (χ1v) is 9.65. The Hall–Kier alpha value is -2.62. The van der Waals surface area contributed by atoms with Crippen molar-refractivity contribution in [2.75, 3.05) is 13.7 Å². The Morgan fingerprint density at radius 1 is 1.00 bits per heavy atom. The van der Waals surface area contributed by atoms with Crippen molar-refractivity contribution in [3.63, 3.8) is 0 Å². The average molecular weight is 365 g/mol. The fraction of sp³-hybridized carbons (Fsp3) is 0.391. The van der Waals surface area contributed by atoms with Crippen molar-refractivity contribution < 1.29 is 14.3 Å². The highest BCUT2D eigenvalue weighted by atomic mass is 16.5. The van der Waals surface area contributed by atoms with E-state index >= 15 is 0 Å². The minimum Gasteiger partial charge on any atom is -0.469 e. The van der Waals surface area contributed by atoms with Gasteiger partial charge in [-0.3, -0.25) is 9.59 Å². The number of likely N-dealkylation sites (tertiary alicyclic amines) is 1. The molecule has 1 saturated heterocycles. The lowest BCUT2D eigenvalue weighted by molar-refractivity contribution is -0.144. The topological polar surface area (TPSA) is 46.6 Å². The lowest BCUT2D eigenvalue weighted by atomic mass is 9.87. The molecule has 2 aromatic rings. The van der Waals surface area contributed by atoms with Crippen molar-refractivity contribution in [2.45, 2.75) is 44.1 Å². The Morgan fingerprint density at radius 2 is 1.59 bits per heavy atom. The fourth-order valence-corrected chi connectivity index (χ4v) is 3.91. The molecule has 0 aliphatic carbocycles. The quantitative estimate of drug-likeness (QED) is 0.723. The van der Waals surface area contributed by atoms with E-state index in [9.17, 15) is 9.59 Å². The van der Waals surface area contributed by atoms with Gasteiger partial charge in [0.1, 0.15) is 0 Å². The van der Waals surface area contributed by atoms with Crippen molar-refractivity contribution in [3.05, 3.63) is 71.8 Å². The molecule has 1 fully saturated rings. The molecule has 0 radical (unpaired) electrons. The van der Waals surface area contributed by atoms with E-state index in [4.69, 9.17) is 4.74 Å². The van der Waals surface area contributed by atoms with Crippen LogP contribution in [-0.4, -0.2) is 36.5 Å². The molecule has 1 aliphatic heterocycles. The number of hydrogen-bond donors (Lipinski definition) is 0. The third kappa shape index (κ3) is 4.97. The molecular weight excluding hydrogens is 338 g/mol. The summed E-state index contributed by atoms with van der Waals surface area (Å²) in [7, 11) is 1.40. The molecule has 1 aliphatic rings. The third-order valence-electron chi connectivity index (χ3n) is 5.36. The Labute approximate surface area is 161 Å². The highest BCUT2D eigenvalue weighted by Crippen LogP contribution is 2.30. The maximum Gasteiger partial charge on any atom is 0.307 e. The van der Waals surface area contributed by atoms with E-state index in [0.29, 0.717) is 6.42 Å². The lowest BCUT2D eigenvalue weighted by Gasteiger charge is -2.36. The van der Waals surface area contributed by atoms with Gasteiger partial charge in [0.2, 0.25) is 5.91 Å². The van der Waals surface area contributed by atoms with Crippen LogP contribution in [0.4, 0.5) is 0 Å². The summed E-state index contributed by atoms with van der Waals surface area (Å²) < 4.78 is 4.82. The van der Waals surface area contributed by atoms with Crippen LogP contribution in [0.1, 0.15) is 49.1 Å². The zero-order chi connectivity index (χ0) is 19.1. The Morgan fingerprint density at radius 3 is 2.15 bits per heavy atom. The molecule has 0 spiro atoms. The predicted octanol–water partition coefficient (Wildman–Crippen LogP) is 4.15. The maximum absolute atomic E-state index is 13.2. The molecule has 0 N–H and O–H groups in total. The van der Waals surface area contributed by atoms with Crippen LogP contribution in [-0.2, 0) is 14.3 Å². The van der Waals surface area contributed by atoms with Crippen LogP contribution < -0.4 is 0 Å². The van der Waals surface area contributed by atoms with Gasteiger partial charge in [0.15, 0.2) is 0 Å². The first-order valence-electron chi connectivity index (χ1n) is 9.65. The van der Waals surface area contributed by atoms with Crippen LogP contribution >= 0.6 is 0 Å². The van der Waals surface area contributed by atoms with E-state index < -0.39 is 0 Å². The summed E-state index contributed by atoms with van der Waals surface area (Å²) in [6.07, 6.45) is 3.59. The van der Waals surface area contributed by atoms with Gasteiger partial charge in [-0.2, -0.15) is 0 Å². The van der Waals surface area contributed by atoms with E-state index in [-0.39, 0.29) is 30.3 Å². The molecular formula is C23H27NO3. The van der Waals surface area contributed by atoms with Crippen LogP contribution in [0.3, 0.4) is 0 Å². The number of esters is 1. The number of carbonyl (C=O) groups excluding carboxylic acids is 2. The van der Waals surface area contributed by atoms with Crippen LogP contribution in [0.5, 0.6) is 0 Å². The smallest absolute Gasteiger partial charge is 0.307 e. The zero-order valence-electron chi connectivity index (χ0n) is 15.8. The van der Waals surface area contributed by atoms with E-state index in [1.165, 1.54) is 7.11 Å². The van der Waals surface area contributed by atoms with E-state index in [1.54, 1.807) is 0 Å². The van der Waals surface area contributed by atoms with Crippen LogP contribution in [0.25, 0.3) is 0 Å². The summed E-state index contributed by atoms with van der Waals surface area (Å²) in [5.74, 6) is -0.121. The van der Waals surface area contributed by atoms with Gasteiger partial charge in [0.25, 0.3) is 0 Å². The monoisotopic (exact) mass is 365 g/mol. The molecule has 142 valence electrons. The second-order valence-corrected chi connectivity index (χ2v) is 7.10. The normalized spacial score (nSPS) is 17.0. The molecule has 3 rings (SSSR count). The van der Waals surface area contributed by atoms with Crippen molar-refractivity contribution in [2.24, 2.45) is 0 Å². The van der Waals surface area contributed by atoms with E-state index in [0.717, 1.165) is 36.9 Å². The van der Waals surface area contributed by atoms with Gasteiger partial charge < -0.3 is 9.64 Å². The SMILES string of the molecule is COC(=O)CC1CCCCN1C(=O)CC(c1ccccc1)c1ccccc1. The van der Waals surface area contributed by atoms with E-state index in [1.807, 2.05) is 41.3 Å². The van der Waals surface area contributed by atoms with Crippen molar-refractivity contribution in [1.82, 2.24) is 4.90 Å². The van der Waals surface area contributed by atoms with E-state index in [2.05, 4.69) is 24.3 Å².